The van der Waals surface area contributed by atoms with Gasteiger partial charge in [0.25, 0.3) is 0 Å². The second kappa shape index (κ2) is 3.45. The number of thioether (sulfide) groups is 1. The molecule has 0 saturated carbocycles. The highest BCUT2D eigenvalue weighted by atomic mass is 32.2. The van der Waals surface area contributed by atoms with Crippen molar-refractivity contribution >= 4 is 17.4 Å². The molecule has 1 aliphatic heterocycles. The third kappa shape index (κ3) is 1.32. The Kier molecular flexibility index (Phi) is 2.09. The summed E-state index contributed by atoms with van der Waals surface area (Å²) < 4.78 is 7.47. The van der Waals surface area contributed by atoms with Crippen molar-refractivity contribution in [3.05, 3.63) is 29.7 Å². The monoisotopic (exact) mass is 220 g/mol. The number of aromatic nitrogens is 2. The van der Waals surface area contributed by atoms with Crippen molar-refractivity contribution < 1.29 is 4.74 Å². The van der Waals surface area contributed by atoms with Crippen molar-refractivity contribution in [2.75, 3.05) is 12.9 Å². The third-order valence-electron chi connectivity index (χ3n) is 2.74. The van der Waals surface area contributed by atoms with E-state index in [0.29, 0.717) is 0 Å². The molecule has 4 heteroatoms. The zero-order chi connectivity index (χ0) is 10.3. The summed E-state index contributed by atoms with van der Waals surface area (Å²) in [6.45, 7) is 0. The van der Waals surface area contributed by atoms with Gasteiger partial charge >= 0.3 is 0 Å². The van der Waals surface area contributed by atoms with Crippen LogP contribution in [0.4, 0.5) is 0 Å². The summed E-state index contributed by atoms with van der Waals surface area (Å²) in [6.07, 6.45) is 3.14. The van der Waals surface area contributed by atoms with Crippen LogP contribution < -0.4 is 4.74 Å². The van der Waals surface area contributed by atoms with E-state index in [1.165, 1.54) is 17.1 Å². The van der Waals surface area contributed by atoms with Crippen molar-refractivity contribution in [1.82, 2.24) is 9.38 Å². The van der Waals surface area contributed by atoms with Crippen molar-refractivity contribution in [3.63, 3.8) is 0 Å². The number of rotatable bonds is 1. The maximum atomic E-state index is 5.32. The lowest BCUT2D eigenvalue weighted by molar-refractivity contribution is 0.417. The molecule has 2 aromatic rings. The molecule has 0 saturated heterocycles. The van der Waals surface area contributed by atoms with Crippen LogP contribution in [0.5, 0.6) is 5.75 Å². The number of aryl methyl sites for hydroxylation is 1. The first-order valence-corrected chi connectivity index (χ1v) is 6.16. The molecule has 3 rings (SSSR count). The quantitative estimate of drug-likeness (QED) is 0.736. The molecule has 0 atom stereocenters. The van der Waals surface area contributed by atoms with Crippen molar-refractivity contribution in [3.8, 4) is 5.75 Å². The van der Waals surface area contributed by atoms with Gasteiger partial charge in [-0.15, -0.1) is 0 Å². The van der Waals surface area contributed by atoms with Crippen molar-refractivity contribution in [2.24, 2.45) is 0 Å². The van der Waals surface area contributed by atoms with Gasteiger partial charge in [-0.3, -0.25) is 4.40 Å². The van der Waals surface area contributed by atoms with Crippen LogP contribution in [0, 0.1) is 0 Å². The SMILES string of the molecule is COc1cccn2c3c(nc12)CCSC3. The molecular formula is C11H12N2OS. The number of fused-ring (bicyclic) bond motifs is 3. The maximum absolute atomic E-state index is 5.32. The van der Waals surface area contributed by atoms with Gasteiger partial charge in [0, 0.05) is 18.4 Å². The fourth-order valence-electron chi connectivity index (χ4n) is 1.99. The largest absolute Gasteiger partial charge is 0.493 e. The number of hydrogen-bond donors (Lipinski definition) is 0. The van der Waals surface area contributed by atoms with Gasteiger partial charge in [0.05, 0.1) is 18.5 Å². The van der Waals surface area contributed by atoms with Gasteiger partial charge < -0.3 is 4.74 Å². The smallest absolute Gasteiger partial charge is 0.180 e. The molecule has 0 unspecified atom stereocenters. The van der Waals surface area contributed by atoms with Crippen molar-refractivity contribution in [2.45, 2.75) is 12.2 Å². The zero-order valence-electron chi connectivity index (χ0n) is 8.56. The van der Waals surface area contributed by atoms with Crippen LogP contribution in [0.3, 0.4) is 0 Å². The van der Waals surface area contributed by atoms with Gasteiger partial charge in [-0.2, -0.15) is 11.8 Å². The first kappa shape index (κ1) is 9.09. The standard InChI is InChI=1S/C11H12N2OS/c1-14-10-3-2-5-13-9-7-15-6-4-8(9)12-11(10)13/h2-3,5H,4,6-7H2,1H3. The summed E-state index contributed by atoms with van der Waals surface area (Å²) in [5.74, 6) is 3.10. The Bertz CT molecular complexity index is 507. The first-order chi connectivity index (χ1) is 7.40. The minimum absolute atomic E-state index is 0.858. The second-order valence-corrected chi connectivity index (χ2v) is 4.68. The average molecular weight is 220 g/mol. The molecule has 0 fully saturated rings. The molecule has 0 radical (unpaired) electrons. The van der Waals surface area contributed by atoms with E-state index in [4.69, 9.17) is 4.74 Å². The minimum Gasteiger partial charge on any atom is -0.493 e. The van der Waals surface area contributed by atoms with E-state index in [1.54, 1.807) is 7.11 Å². The lowest BCUT2D eigenvalue weighted by atomic mass is 10.3. The Morgan fingerprint density at radius 1 is 1.53 bits per heavy atom. The molecule has 15 heavy (non-hydrogen) atoms. The highest BCUT2D eigenvalue weighted by Crippen LogP contribution is 2.28. The van der Waals surface area contributed by atoms with E-state index < -0.39 is 0 Å². The first-order valence-electron chi connectivity index (χ1n) is 5.00. The lowest BCUT2D eigenvalue weighted by Gasteiger charge is -2.09. The minimum atomic E-state index is 0.858. The average Bonchev–Trinajstić information content (AvgIpc) is 2.67. The molecule has 0 aliphatic carbocycles. The van der Waals surface area contributed by atoms with Gasteiger partial charge in [-0.1, -0.05) is 0 Å². The summed E-state index contributed by atoms with van der Waals surface area (Å²) in [7, 11) is 1.69. The predicted molar refractivity (Wildman–Crippen MR) is 61.6 cm³/mol. The summed E-state index contributed by atoms with van der Waals surface area (Å²) in [5.41, 5.74) is 3.52. The molecular weight excluding hydrogens is 208 g/mol. The Morgan fingerprint density at radius 3 is 3.33 bits per heavy atom. The van der Waals surface area contributed by atoms with Crippen LogP contribution in [0.1, 0.15) is 11.4 Å². The van der Waals surface area contributed by atoms with E-state index in [0.717, 1.165) is 23.6 Å². The summed E-state index contributed by atoms with van der Waals surface area (Å²) in [6, 6.07) is 3.97. The topological polar surface area (TPSA) is 26.5 Å². The summed E-state index contributed by atoms with van der Waals surface area (Å²) >= 11 is 1.97. The van der Waals surface area contributed by atoms with E-state index in [9.17, 15) is 0 Å². The fourth-order valence-corrected chi connectivity index (χ4v) is 2.97. The fraction of sp³-hybridized carbons (Fsp3) is 0.364. The van der Waals surface area contributed by atoms with Crippen LogP contribution in [-0.4, -0.2) is 22.2 Å². The maximum Gasteiger partial charge on any atom is 0.180 e. The highest BCUT2D eigenvalue weighted by molar-refractivity contribution is 7.98. The Hall–Kier alpha value is -1.16. The zero-order valence-corrected chi connectivity index (χ0v) is 9.38. The molecule has 0 spiro atoms. The highest BCUT2D eigenvalue weighted by Gasteiger charge is 2.17. The molecule has 0 N–H and O–H groups in total. The van der Waals surface area contributed by atoms with Gasteiger partial charge in [-0.25, -0.2) is 4.98 Å². The third-order valence-corrected chi connectivity index (χ3v) is 3.71. The van der Waals surface area contributed by atoms with Crippen LogP contribution in [0.15, 0.2) is 18.3 Å². The Labute approximate surface area is 92.5 Å². The van der Waals surface area contributed by atoms with Crippen molar-refractivity contribution in [1.29, 1.82) is 0 Å². The van der Waals surface area contributed by atoms with Gasteiger partial charge in [0.15, 0.2) is 11.4 Å². The van der Waals surface area contributed by atoms with E-state index in [2.05, 4.69) is 15.6 Å². The number of hydrogen-bond acceptors (Lipinski definition) is 3. The Morgan fingerprint density at radius 2 is 2.47 bits per heavy atom. The van der Waals surface area contributed by atoms with E-state index in [1.807, 2.05) is 23.9 Å². The Balaban J connectivity index is 2.31. The summed E-state index contributed by atoms with van der Waals surface area (Å²) in [4.78, 5) is 4.65. The second-order valence-electron chi connectivity index (χ2n) is 3.58. The molecule has 0 aromatic carbocycles. The van der Waals surface area contributed by atoms with Crippen LogP contribution >= 0.6 is 11.8 Å². The number of nitrogens with zero attached hydrogens (tertiary/aromatic N) is 2. The lowest BCUT2D eigenvalue weighted by Crippen LogP contribution is -2.02. The predicted octanol–water partition coefficient (Wildman–Crippen LogP) is 2.13. The molecule has 78 valence electrons. The number of ether oxygens (including phenoxy) is 1. The molecule has 3 heterocycles. The summed E-state index contributed by atoms with van der Waals surface area (Å²) in [5, 5.41) is 0. The molecule has 1 aliphatic rings. The van der Waals surface area contributed by atoms with E-state index in [-0.39, 0.29) is 0 Å². The van der Waals surface area contributed by atoms with Gasteiger partial charge in [0.1, 0.15) is 0 Å². The van der Waals surface area contributed by atoms with Crippen LogP contribution in [0.25, 0.3) is 5.65 Å². The number of methoxy groups -OCH3 is 1. The molecule has 0 amide bonds. The molecule has 0 bridgehead atoms. The van der Waals surface area contributed by atoms with Gasteiger partial charge in [0.2, 0.25) is 0 Å². The van der Waals surface area contributed by atoms with Gasteiger partial charge in [-0.05, 0) is 17.9 Å². The molecule has 2 aromatic heterocycles. The van der Waals surface area contributed by atoms with Crippen LogP contribution in [0.2, 0.25) is 0 Å². The van der Waals surface area contributed by atoms with Crippen LogP contribution in [-0.2, 0) is 12.2 Å². The number of pyridine rings is 1. The molecule has 3 nitrogen and oxygen atoms in total. The number of imidazole rings is 1. The van der Waals surface area contributed by atoms with E-state index >= 15 is 0 Å². The normalized spacial score (nSPS) is 15.3.